The van der Waals surface area contributed by atoms with E-state index in [1.54, 1.807) is 42.6 Å². The first-order valence-electron chi connectivity index (χ1n) is 6.96. The highest BCUT2D eigenvalue weighted by molar-refractivity contribution is 9.10. The molecule has 0 saturated heterocycles. The van der Waals surface area contributed by atoms with E-state index in [0.717, 1.165) is 10.2 Å². The van der Waals surface area contributed by atoms with Crippen LogP contribution in [0, 0.1) is 0 Å². The molecule has 23 heavy (non-hydrogen) atoms. The number of ether oxygens (including phenoxy) is 1. The monoisotopic (exact) mass is 368 g/mol. The minimum absolute atomic E-state index is 0.261. The molecule has 3 aromatic rings. The molecule has 1 heterocycles. The van der Waals surface area contributed by atoms with Gasteiger partial charge >= 0.3 is 0 Å². The summed E-state index contributed by atoms with van der Waals surface area (Å²) in [6.45, 7) is 0. The SMILES string of the molecule is O=C(Nc1ccc(Oc2ccccc2)cc1)c1cc(Br)ccn1. The molecule has 0 unspecified atom stereocenters. The highest BCUT2D eigenvalue weighted by Crippen LogP contribution is 2.22. The smallest absolute Gasteiger partial charge is 0.274 e. The third-order valence-corrected chi connectivity index (χ3v) is 3.54. The highest BCUT2D eigenvalue weighted by Gasteiger charge is 2.08. The van der Waals surface area contributed by atoms with Gasteiger partial charge in [0.1, 0.15) is 17.2 Å². The van der Waals surface area contributed by atoms with E-state index in [0.29, 0.717) is 17.1 Å². The summed E-state index contributed by atoms with van der Waals surface area (Å²) in [6, 6.07) is 20.1. The van der Waals surface area contributed by atoms with Crippen LogP contribution in [0.4, 0.5) is 5.69 Å². The lowest BCUT2D eigenvalue weighted by molar-refractivity contribution is 0.102. The molecule has 114 valence electrons. The summed E-state index contributed by atoms with van der Waals surface area (Å²) in [5, 5.41) is 2.80. The number of pyridine rings is 1. The quantitative estimate of drug-likeness (QED) is 0.713. The molecule has 0 aliphatic heterocycles. The number of carbonyl (C=O) groups is 1. The molecule has 1 aromatic heterocycles. The first kappa shape index (κ1) is 15.2. The van der Waals surface area contributed by atoms with Gasteiger partial charge in [-0.15, -0.1) is 0 Å². The van der Waals surface area contributed by atoms with Crippen molar-refractivity contribution >= 4 is 27.5 Å². The van der Waals surface area contributed by atoms with Crippen molar-refractivity contribution in [2.24, 2.45) is 0 Å². The van der Waals surface area contributed by atoms with Crippen molar-refractivity contribution in [1.82, 2.24) is 4.98 Å². The van der Waals surface area contributed by atoms with Gasteiger partial charge < -0.3 is 10.1 Å². The summed E-state index contributed by atoms with van der Waals surface area (Å²) in [5.41, 5.74) is 1.03. The fraction of sp³-hybridized carbons (Fsp3) is 0. The van der Waals surface area contributed by atoms with Crippen molar-refractivity contribution in [3.05, 3.63) is 83.1 Å². The molecule has 0 spiro atoms. The van der Waals surface area contributed by atoms with Crippen LogP contribution in [0.1, 0.15) is 10.5 Å². The van der Waals surface area contributed by atoms with E-state index in [4.69, 9.17) is 4.74 Å². The number of nitrogens with zero attached hydrogens (tertiary/aromatic N) is 1. The Morgan fingerprint density at radius 3 is 2.35 bits per heavy atom. The summed E-state index contributed by atoms with van der Waals surface area (Å²) < 4.78 is 6.52. The topological polar surface area (TPSA) is 51.2 Å². The van der Waals surface area contributed by atoms with Gasteiger partial charge in [0.05, 0.1) is 0 Å². The molecule has 0 atom stereocenters. The molecule has 1 N–H and O–H groups in total. The first-order chi connectivity index (χ1) is 11.2. The number of benzene rings is 2. The van der Waals surface area contributed by atoms with E-state index in [2.05, 4.69) is 26.2 Å². The maximum atomic E-state index is 12.1. The molecule has 1 amide bonds. The molecule has 0 aliphatic carbocycles. The van der Waals surface area contributed by atoms with Gasteiger partial charge in [-0.1, -0.05) is 34.1 Å². The molecular weight excluding hydrogens is 356 g/mol. The maximum Gasteiger partial charge on any atom is 0.274 e. The second-order valence-corrected chi connectivity index (χ2v) is 5.67. The van der Waals surface area contributed by atoms with E-state index in [9.17, 15) is 4.79 Å². The van der Waals surface area contributed by atoms with Crippen molar-refractivity contribution < 1.29 is 9.53 Å². The van der Waals surface area contributed by atoms with E-state index in [1.807, 2.05) is 30.3 Å². The molecule has 0 fully saturated rings. The number of halogens is 1. The molecule has 0 aliphatic rings. The molecule has 0 bridgehead atoms. The highest BCUT2D eigenvalue weighted by atomic mass is 79.9. The Morgan fingerprint density at radius 2 is 1.65 bits per heavy atom. The first-order valence-corrected chi connectivity index (χ1v) is 7.76. The lowest BCUT2D eigenvalue weighted by atomic mass is 10.2. The number of para-hydroxylation sites is 1. The van der Waals surface area contributed by atoms with Crippen molar-refractivity contribution in [2.45, 2.75) is 0 Å². The van der Waals surface area contributed by atoms with E-state index in [1.165, 1.54) is 0 Å². The molecule has 4 nitrogen and oxygen atoms in total. The summed E-state index contributed by atoms with van der Waals surface area (Å²) in [4.78, 5) is 16.2. The van der Waals surface area contributed by atoms with Gasteiger partial charge in [0, 0.05) is 16.4 Å². The van der Waals surface area contributed by atoms with Gasteiger partial charge in [0.15, 0.2) is 0 Å². The second-order valence-electron chi connectivity index (χ2n) is 4.75. The van der Waals surface area contributed by atoms with Crippen LogP contribution >= 0.6 is 15.9 Å². The molecule has 3 rings (SSSR count). The van der Waals surface area contributed by atoms with E-state index < -0.39 is 0 Å². The van der Waals surface area contributed by atoms with Gasteiger partial charge in [0.2, 0.25) is 0 Å². The Labute approximate surface area is 142 Å². The zero-order valence-electron chi connectivity index (χ0n) is 12.1. The molecular formula is C18H13BrN2O2. The van der Waals surface area contributed by atoms with E-state index >= 15 is 0 Å². The summed E-state index contributed by atoms with van der Waals surface area (Å²) in [7, 11) is 0. The van der Waals surface area contributed by atoms with Crippen LogP contribution in [0.15, 0.2) is 77.4 Å². The van der Waals surface area contributed by atoms with Crippen LogP contribution in [-0.4, -0.2) is 10.9 Å². The Kier molecular flexibility index (Phi) is 4.68. The van der Waals surface area contributed by atoms with Crippen molar-refractivity contribution in [3.63, 3.8) is 0 Å². The molecule has 5 heteroatoms. The minimum atomic E-state index is -0.261. The zero-order chi connectivity index (χ0) is 16.1. The average Bonchev–Trinajstić information content (AvgIpc) is 2.57. The third-order valence-electron chi connectivity index (χ3n) is 3.05. The van der Waals surface area contributed by atoms with Crippen LogP contribution in [0.3, 0.4) is 0 Å². The average molecular weight is 369 g/mol. The zero-order valence-corrected chi connectivity index (χ0v) is 13.7. The third kappa shape index (κ3) is 4.17. The second kappa shape index (κ2) is 7.07. The number of amides is 1. The van der Waals surface area contributed by atoms with E-state index in [-0.39, 0.29) is 5.91 Å². The Morgan fingerprint density at radius 1 is 0.957 bits per heavy atom. The molecule has 0 saturated carbocycles. The normalized spacial score (nSPS) is 10.1. The van der Waals surface area contributed by atoms with Crippen molar-refractivity contribution in [1.29, 1.82) is 0 Å². The predicted molar refractivity (Wildman–Crippen MR) is 92.8 cm³/mol. The number of rotatable bonds is 4. The van der Waals surface area contributed by atoms with Crippen LogP contribution < -0.4 is 10.1 Å². The van der Waals surface area contributed by atoms with Crippen molar-refractivity contribution in [2.75, 3.05) is 5.32 Å². The van der Waals surface area contributed by atoms with Crippen molar-refractivity contribution in [3.8, 4) is 11.5 Å². The number of hydrogen-bond acceptors (Lipinski definition) is 3. The Balaban J connectivity index is 1.67. The van der Waals surface area contributed by atoms with Crippen LogP contribution in [0.2, 0.25) is 0 Å². The predicted octanol–water partition coefficient (Wildman–Crippen LogP) is 4.89. The minimum Gasteiger partial charge on any atom is -0.457 e. The van der Waals surface area contributed by atoms with Crippen LogP contribution in [0.5, 0.6) is 11.5 Å². The Hall–Kier alpha value is -2.66. The van der Waals surface area contributed by atoms with Gasteiger partial charge in [0.25, 0.3) is 5.91 Å². The Bertz CT molecular complexity index is 805. The number of nitrogens with one attached hydrogen (secondary N) is 1. The van der Waals surface area contributed by atoms with Gasteiger partial charge in [-0.05, 0) is 48.5 Å². The summed E-state index contributed by atoms with van der Waals surface area (Å²) in [5.74, 6) is 1.21. The lowest BCUT2D eigenvalue weighted by Gasteiger charge is -2.08. The van der Waals surface area contributed by atoms with Crippen LogP contribution in [-0.2, 0) is 0 Å². The lowest BCUT2D eigenvalue weighted by Crippen LogP contribution is -2.13. The molecule has 0 radical (unpaired) electrons. The van der Waals surface area contributed by atoms with Crippen LogP contribution in [0.25, 0.3) is 0 Å². The van der Waals surface area contributed by atoms with Gasteiger partial charge in [-0.3, -0.25) is 9.78 Å². The fourth-order valence-electron chi connectivity index (χ4n) is 1.95. The standard InChI is InChI=1S/C18H13BrN2O2/c19-13-10-11-20-17(12-13)18(22)21-14-6-8-16(9-7-14)23-15-4-2-1-3-5-15/h1-12H,(H,21,22). The number of carbonyl (C=O) groups excluding carboxylic acids is 1. The summed E-state index contributed by atoms with van der Waals surface area (Å²) >= 11 is 3.32. The maximum absolute atomic E-state index is 12.1. The largest absolute Gasteiger partial charge is 0.457 e. The van der Waals surface area contributed by atoms with Gasteiger partial charge in [-0.25, -0.2) is 0 Å². The fourth-order valence-corrected chi connectivity index (χ4v) is 2.29. The number of hydrogen-bond donors (Lipinski definition) is 1. The van der Waals surface area contributed by atoms with Gasteiger partial charge in [-0.2, -0.15) is 0 Å². The molecule has 2 aromatic carbocycles. The number of anilines is 1. The summed E-state index contributed by atoms with van der Waals surface area (Å²) in [6.07, 6.45) is 1.58. The number of aromatic nitrogens is 1.